The van der Waals surface area contributed by atoms with E-state index in [1.807, 2.05) is 89.6 Å². The fourth-order valence-electron chi connectivity index (χ4n) is 10.1. The average Bonchev–Trinajstić information content (AvgIpc) is 1.69. The molecule has 19 rings (SSSR count). The summed E-state index contributed by atoms with van der Waals surface area (Å²) in [5, 5.41) is 33.2. The number of nitrogens with one attached hydrogen (secondary N) is 3. The second-order valence-corrected chi connectivity index (χ2v) is 38.9. The Morgan fingerprint density at radius 1 is 0.346 bits per heavy atom. The number of aryl methyl sites for hydroxylation is 10. The van der Waals surface area contributed by atoms with Crippen LogP contribution in [0.5, 0.6) is 0 Å². The zero-order chi connectivity index (χ0) is 94.5. The minimum Gasteiger partial charge on any atom is -0.428 e. The van der Waals surface area contributed by atoms with E-state index in [9.17, 15) is 43.2 Å². The number of fused-ring (bicyclic) bond motifs is 1. The lowest BCUT2D eigenvalue weighted by atomic mass is 10.3. The van der Waals surface area contributed by atoms with Gasteiger partial charge in [-0.05, 0) is 204 Å². The summed E-state index contributed by atoms with van der Waals surface area (Å²) in [6.45, 7) is 15.7. The van der Waals surface area contributed by atoms with E-state index in [1.165, 1.54) is 175 Å². The van der Waals surface area contributed by atoms with Crippen LogP contribution in [0.4, 0.5) is 0 Å². The molecule has 0 aliphatic heterocycles. The summed E-state index contributed by atoms with van der Waals surface area (Å²) >= 11 is 17.3. The average molecular weight is 2020 g/mol. The second kappa shape index (κ2) is 51.7. The van der Waals surface area contributed by atoms with E-state index < -0.39 is 0 Å². The first-order chi connectivity index (χ1) is 64.0. The molecule has 3 N–H and O–H groups in total. The van der Waals surface area contributed by atoms with Crippen LogP contribution in [-0.2, 0) is 7.05 Å². The maximum Gasteiger partial charge on any atom is 0.336 e. The van der Waals surface area contributed by atoms with Gasteiger partial charge in [-0.2, -0.15) is 5.10 Å². The molecule has 18 aromatic heterocycles. The van der Waals surface area contributed by atoms with Crippen molar-refractivity contribution in [2.75, 3.05) is 0 Å². The summed E-state index contributed by atoms with van der Waals surface area (Å²) in [6, 6.07) is 48.5. The topological polar surface area (TPSA) is 492 Å². The number of H-pyrrole nitrogens is 3. The number of aromatic amines is 3. The van der Waals surface area contributed by atoms with Gasteiger partial charge in [-0.15, -0.1) is 38.0 Å². The van der Waals surface area contributed by atoms with Crippen molar-refractivity contribution >= 4 is 151 Å². The molecule has 133 heavy (non-hydrogen) atoms. The van der Waals surface area contributed by atoms with E-state index >= 15 is 0 Å². The summed E-state index contributed by atoms with van der Waals surface area (Å²) in [5.41, 5.74) is 0.541. The summed E-state index contributed by atoms with van der Waals surface area (Å²) in [7, 11) is 1.74. The predicted molar refractivity (Wildman–Crippen MR) is 507 cm³/mol. The van der Waals surface area contributed by atoms with Gasteiger partial charge < -0.3 is 49.7 Å². The van der Waals surface area contributed by atoms with Gasteiger partial charge in [0.25, 0.3) is 0 Å². The van der Waals surface area contributed by atoms with E-state index in [4.69, 9.17) is 39.8 Å². The first-order valence-electron chi connectivity index (χ1n) is 38.1. The third-order valence-corrected chi connectivity index (χ3v) is 26.0. The van der Waals surface area contributed by atoms with Crippen molar-refractivity contribution in [1.29, 1.82) is 0 Å². The Labute approximate surface area is 801 Å². The van der Waals surface area contributed by atoms with Crippen molar-refractivity contribution < 1.29 is 39.8 Å². The highest BCUT2D eigenvalue weighted by atomic mass is 32.2. The Bertz CT molecular complexity index is 6820. The van der Waals surface area contributed by atoms with Gasteiger partial charge in [0.2, 0.25) is 5.16 Å². The van der Waals surface area contributed by atoms with Gasteiger partial charge in [0.15, 0.2) is 29.3 Å². The van der Waals surface area contributed by atoms with Crippen molar-refractivity contribution in [3.05, 3.63) is 375 Å². The van der Waals surface area contributed by atoms with E-state index in [0.717, 1.165) is 79.1 Å². The molecule has 680 valence electrons. The van der Waals surface area contributed by atoms with Crippen molar-refractivity contribution in [3.8, 4) is 0 Å². The highest BCUT2D eigenvalue weighted by Crippen LogP contribution is 2.34. The lowest BCUT2D eigenvalue weighted by Gasteiger charge is -1.99. The first-order valence-corrected chi connectivity index (χ1v) is 48.1. The Kier molecular flexibility index (Phi) is 39.0. The fraction of sp³-hybridized carbons (Fsp3) is 0.116. The molecule has 0 radical (unpaired) electrons. The van der Waals surface area contributed by atoms with Crippen LogP contribution in [-0.4, -0.2) is 85.5 Å². The van der Waals surface area contributed by atoms with Gasteiger partial charge in [0.1, 0.15) is 68.7 Å². The molecule has 1 aromatic carbocycles. The maximum atomic E-state index is 11.3. The van der Waals surface area contributed by atoms with Crippen LogP contribution >= 0.6 is 140 Å². The number of hydrogen-bond donors (Lipinski definition) is 3. The quantitative estimate of drug-likeness (QED) is 0.0672. The largest absolute Gasteiger partial charge is 0.428 e. The Morgan fingerprint density at radius 2 is 0.782 bits per heavy atom. The van der Waals surface area contributed by atoms with Gasteiger partial charge in [0, 0.05) is 148 Å². The smallest absolute Gasteiger partial charge is 0.336 e. The van der Waals surface area contributed by atoms with Gasteiger partial charge in [-0.25, -0.2) is 82.7 Å². The summed E-state index contributed by atoms with van der Waals surface area (Å²) < 4.78 is 48.1. The highest BCUT2D eigenvalue weighted by molar-refractivity contribution is 8.02. The van der Waals surface area contributed by atoms with Crippen molar-refractivity contribution in [2.24, 2.45) is 7.05 Å². The van der Waals surface area contributed by atoms with Crippen molar-refractivity contribution in [1.82, 2.24) is 85.5 Å². The molecule has 47 heteroatoms. The van der Waals surface area contributed by atoms with Crippen LogP contribution in [0.2, 0.25) is 0 Å². The van der Waals surface area contributed by atoms with Crippen LogP contribution in [0, 0.1) is 62.3 Å². The molecule has 0 spiro atoms. The summed E-state index contributed by atoms with van der Waals surface area (Å²) in [5.74, 6) is 5.42. The molecular formula is C86H71N17O18S12. The number of nitrogens with zero attached hydrogens (tertiary/aromatic N) is 14. The van der Waals surface area contributed by atoms with E-state index in [2.05, 4.69) is 80.8 Å². The third-order valence-electron chi connectivity index (χ3n) is 15.0. The highest BCUT2D eigenvalue weighted by Gasteiger charge is 2.13. The van der Waals surface area contributed by atoms with Crippen LogP contribution in [0.3, 0.4) is 0 Å². The Hall–Kier alpha value is -13.1. The molecule has 0 fully saturated rings. The van der Waals surface area contributed by atoms with Crippen LogP contribution < -0.4 is 50.6 Å². The van der Waals surface area contributed by atoms with Gasteiger partial charge in [0.05, 0.1) is 15.2 Å². The number of aromatic nitrogens is 17. The van der Waals surface area contributed by atoms with Crippen molar-refractivity contribution in [3.63, 3.8) is 0 Å². The molecular weight excluding hydrogens is 1940 g/mol. The number of rotatable bonds is 18. The molecule has 0 saturated heterocycles. The lowest BCUT2D eigenvalue weighted by molar-refractivity contribution is 0.475. The zero-order valence-electron chi connectivity index (χ0n) is 70.9. The predicted octanol–water partition coefficient (Wildman–Crippen LogP) is 18.7. The molecule has 0 unspecified atom stereocenters. The minimum atomic E-state index is -0.368. The minimum absolute atomic E-state index is 0.288. The zero-order valence-corrected chi connectivity index (χ0v) is 80.7. The number of thiazole rings is 1. The molecule has 0 aliphatic rings. The maximum absolute atomic E-state index is 11.3. The Balaban J connectivity index is 0.000000144. The number of benzene rings is 1. The van der Waals surface area contributed by atoms with Gasteiger partial charge in [-0.1, -0.05) is 106 Å². The molecule has 18 heterocycles. The normalized spacial score (nSPS) is 10.4. The number of thiophene rings is 1. The second-order valence-electron chi connectivity index (χ2n) is 25.9. The number of tetrazole rings is 1. The molecule has 19 aromatic rings. The van der Waals surface area contributed by atoms with E-state index in [-0.39, 0.29) is 50.6 Å². The van der Waals surface area contributed by atoms with Crippen LogP contribution in [0.25, 0.3) is 11.0 Å². The number of pyridine rings is 1. The molecule has 0 atom stereocenters. The first kappa shape index (κ1) is 100. The van der Waals surface area contributed by atoms with Crippen molar-refractivity contribution in [2.45, 2.75) is 150 Å². The Morgan fingerprint density at radius 3 is 1.18 bits per heavy atom. The molecule has 0 aliphatic carbocycles. The van der Waals surface area contributed by atoms with E-state index in [1.54, 1.807) is 183 Å². The molecule has 0 saturated carbocycles. The van der Waals surface area contributed by atoms with Crippen LogP contribution in [0.15, 0.2) is 400 Å². The van der Waals surface area contributed by atoms with E-state index in [0.29, 0.717) is 67.3 Å². The summed E-state index contributed by atoms with van der Waals surface area (Å²) in [6.07, 6.45) is 11.6. The molecule has 0 amide bonds. The number of hydrogen-bond acceptors (Lipinski definition) is 43. The van der Waals surface area contributed by atoms with Crippen LogP contribution in [0.1, 0.15) is 51.8 Å². The number of imidazole rings is 2. The number of para-hydroxylation sites is 2. The molecule has 35 nitrogen and oxygen atoms in total. The fourth-order valence-corrected chi connectivity index (χ4v) is 20.3. The lowest BCUT2D eigenvalue weighted by Crippen LogP contribution is -1.98. The monoisotopic (exact) mass is 2010 g/mol. The van der Waals surface area contributed by atoms with Gasteiger partial charge in [-0.3, -0.25) is 5.10 Å². The van der Waals surface area contributed by atoms with Gasteiger partial charge >= 0.3 is 50.6 Å². The molecule has 0 bridgehead atoms. The summed E-state index contributed by atoms with van der Waals surface area (Å²) in [4.78, 5) is 142. The standard InChI is InChI=1S/C13H10N2O2S.C11H9NO2S.C10H8N2O2S.C10H8O2S2.C9H8N2O2S.C9H7NO2S2.C8H8N4O2S.C8H7N3O2S.C8H6N2O2S2/c1-8-6-9(7-12(16)17-8)18-13-14-10-4-2-3-5-11(10)15-13;1-8-6-9(7-11(13)14-8)15-10-4-2-3-5-12-10;1-7-5-8(6-9(13)14-7)15-10-11-3-2-4-12-10;1-7-5-8(6-9(11)12-7)14-10-3-2-4-13-10;1-6-4-7(5-8(12)13-6)14-9-10-2-3-11-9;1-6-4-7(5-8(11)12-6)14-9-10-2-3-13-9;1-5-3-6(4-7(13)14-5)15-8-9-10-11-12(8)2;1-5-2-6(3-7(12)13-5)14-8-9-4-10-11-8;1-5-2-6(3-7(11)12-5)14-8-10-9-4-13-8/h2-7H,1H3,(H,14,15);2-7H,1H3;2-6H,1H3;2-6H,1H3;2-5H,1H3,(H,10,11);2-5H,1H3;3-4H,1-2H3;2-4H,1H3,(H,9,10,11);2-4H,1H3. The third kappa shape index (κ3) is 36.5. The SMILES string of the molecule is Cc1cc(Sc2ccccn2)cc(=O)o1.Cc1cc(Sc2cccs2)cc(=O)o1.Cc1cc(Sc2nc3ccccc3[nH]2)cc(=O)o1.Cc1cc(Sc2ncc[nH]2)cc(=O)o1.Cc1cc(Sc2ncccn2)cc(=O)o1.Cc1cc(Sc2nccs2)cc(=O)o1.Cc1cc(Sc2ncn[nH]2)cc(=O)o1.Cc1cc(Sc2nncs2)cc(=O)o1.Cc1cc(Sc2nnnn2C)cc(=O)o1.